The van der Waals surface area contributed by atoms with Crippen LogP contribution in [0.2, 0.25) is 0 Å². The van der Waals surface area contributed by atoms with Gasteiger partial charge in [0, 0.05) is 19.3 Å². The molecule has 0 heterocycles. The Labute approximate surface area is 431 Å². The van der Waals surface area contributed by atoms with Crippen molar-refractivity contribution in [2.24, 2.45) is 0 Å². The number of ether oxygens (including phenoxy) is 3. The smallest absolute Gasteiger partial charge is 0.306 e. The Bertz CT molecular complexity index is 1490. The van der Waals surface area contributed by atoms with E-state index in [9.17, 15) is 14.4 Å². The Morgan fingerprint density at radius 3 is 1.07 bits per heavy atom. The van der Waals surface area contributed by atoms with Crippen LogP contribution in [-0.2, 0) is 28.6 Å². The third-order valence-corrected chi connectivity index (χ3v) is 11.8. The number of rotatable bonds is 50. The number of carbonyl (C=O) groups excluding carboxylic acids is 3. The van der Waals surface area contributed by atoms with Gasteiger partial charge in [-0.15, -0.1) is 0 Å². The molecule has 1 unspecified atom stereocenters. The largest absolute Gasteiger partial charge is 0.462 e. The van der Waals surface area contributed by atoms with E-state index in [1.54, 1.807) is 0 Å². The summed E-state index contributed by atoms with van der Waals surface area (Å²) in [5.74, 6) is -0.942. The maximum absolute atomic E-state index is 12.9. The summed E-state index contributed by atoms with van der Waals surface area (Å²) in [5, 5.41) is 0. The van der Waals surface area contributed by atoms with Gasteiger partial charge in [0.15, 0.2) is 6.10 Å². The summed E-state index contributed by atoms with van der Waals surface area (Å²) in [6.45, 7) is 6.38. The minimum absolute atomic E-state index is 0.0984. The molecule has 0 radical (unpaired) electrons. The standard InChI is InChI=1S/C64H104O6/c1-4-7-10-13-16-19-22-25-28-30-32-34-36-39-42-45-48-51-54-57-63(66)69-60-61(59-68-62(65)56-53-50-47-44-41-38-35-27-24-21-18-15-12-9-6-3)70-64(67)58-55-52-49-46-43-40-37-33-31-29-26-23-20-17-14-11-8-5-2/h7,10-11,14,16-21,23-29,31,33,37,61H,4-6,8-9,12-13,15,22,30,32,34-36,38-60H2,1-3H3/b10-7-,14-11-,19-16-,20-17-,21-18-,26-23-,27-24-,28-25-,31-29-,37-33-. The Morgan fingerprint density at radius 2 is 0.643 bits per heavy atom. The molecule has 6 heteroatoms. The van der Waals surface area contributed by atoms with Gasteiger partial charge in [0.25, 0.3) is 0 Å². The summed E-state index contributed by atoms with van der Waals surface area (Å²) >= 11 is 0. The van der Waals surface area contributed by atoms with Crippen LogP contribution < -0.4 is 0 Å². The van der Waals surface area contributed by atoms with Crippen LogP contribution in [0.5, 0.6) is 0 Å². The fourth-order valence-electron chi connectivity index (χ4n) is 7.54. The Morgan fingerprint density at radius 1 is 0.314 bits per heavy atom. The predicted molar refractivity (Wildman–Crippen MR) is 302 cm³/mol. The predicted octanol–water partition coefficient (Wildman–Crippen LogP) is 19.3. The van der Waals surface area contributed by atoms with E-state index in [-0.39, 0.29) is 31.1 Å². The Balaban J connectivity index is 4.48. The molecule has 0 N–H and O–H groups in total. The molecule has 0 aromatic rings. The van der Waals surface area contributed by atoms with Crippen molar-refractivity contribution in [2.45, 2.75) is 252 Å². The Hall–Kier alpha value is -4.19. The number of hydrogen-bond acceptors (Lipinski definition) is 6. The second-order valence-electron chi connectivity index (χ2n) is 18.6. The summed E-state index contributed by atoms with van der Waals surface area (Å²) < 4.78 is 16.8. The van der Waals surface area contributed by atoms with Crippen LogP contribution in [0.15, 0.2) is 122 Å². The first kappa shape index (κ1) is 65.8. The van der Waals surface area contributed by atoms with Crippen LogP contribution in [0.3, 0.4) is 0 Å². The molecule has 0 aromatic carbocycles. The highest BCUT2D eigenvalue weighted by molar-refractivity contribution is 5.71. The number of allylic oxidation sites excluding steroid dienone is 20. The summed E-state index contributed by atoms with van der Waals surface area (Å²) in [6, 6.07) is 0. The van der Waals surface area contributed by atoms with Gasteiger partial charge in [-0.3, -0.25) is 14.4 Å². The molecule has 0 amide bonds. The van der Waals surface area contributed by atoms with Crippen molar-refractivity contribution in [3.8, 4) is 0 Å². The molecule has 6 nitrogen and oxygen atoms in total. The van der Waals surface area contributed by atoms with Crippen LogP contribution >= 0.6 is 0 Å². The molecule has 0 aliphatic rings. The number of hydrogen-bond donors (Lipinski definition) is 0. The SMILES string of the molecule is CC/C=C\C/C=C\C/C=C\CCCCCCCCCCCC(=O)OCC(COC(=O)CCCCCCCC/C=C\C=C/CCCCC)OC(=O)CCCCCCC\C=C/C=C\C=C/C=C\C=C/CCC. The van der Waals surface area contributed by atoms with E-state index in [1.807, 2.05) is 24.3 Å². The summed E-state index contributed by atoms with van der Waals surface area (Å²) in [7, 11) is 0. The highest BCUT2D eigenvalue weighted by atomic mass is 16.6. The summed E-state index contributed by atoms with van der Waals surface area (Å²) in [6.07, 6.45) is 78.9. The molecule has 0 fully saturated rings. The van der Waals surface area contributed by atoms with Crippen LogP contribution in [0.4, 0.5) is 0 Å². The van der Waals surface area contributed by atoms with Crippen molar-refractivity contribution in [2.75, 3.05) is 13.2 Å². The molecule has 0 rings (SSSR count). The number of unbranched alkanes of at least 4 members (excludes halogenated alkanes) is 24. The molecular weight excluding hydrogens is 865 g/mol. The van der Waals surface area contributed by atoms with Gasteiger partial charge >= 0.3 is 17.9 Å². The third-order valence-electron chi connectivity index (χ3n) is 11.8. The van der Waals surface area contributed by atoms with Crippen LogP contribution in [-0.4, -0.2) is 37.2 Å². The van der Waals surface area contributed by atoms with E-state index in [1.165, 1.54) is 96.3 Å². The van der Waals surface area contributed by atoms with Crippen LogP contribution in [0.25, 0.3) is 0 Å². The first-order valence-electron chi connectivity index (χ1n) is 28.6. The highest BCUT2D eigenvalue weighted by Gasteiger charge is 2.19. The number of esters is 3. The fraction of sp³-hybridized carbons (Fsp3) is 0.641. The third kappa shape index (κ3) is 54.7. The molecular formula is C64H104O6. The lowest BCUT2D eigenvalue weighted by Gasteiger charge is -2.18. The highest BCUT2D eigenvalue weighted by Crippen LogP contribution is 2.14. The topological polar surface area (TPSA) is 78.9 Å². The molecule has 70 heavy (non-hydrogen) atoms. The van der Waals surface area contributed by atoms with Gasteiger partial charge in [0.2, 0.25) is 0 Å². The first-order chi connectivity index (χ1) is 34.5. The second kappa shape index (κ2) is 57.4. The van der Waals surface area contributed by atoms with Gasteiger partial charge in [0.1, 0.15) is 13.2 Å². The second-order valence-corrected chi connectivity index (χ2v) is 18.6. The average Bonchev–Trinajstić information content (AvgIpc) is 3.36. The molecule has 0 saturated carbocycles. The van der Waals surface area contributed by atoms with Gasteiger partial charge in [-0.1, -0.05) is 251 Å². The minimum atomic E-state index is -0.803. The van der Waals surface area contributed by atoms with E-state index in [2.05, 4.69) is 118 Å². The van der Waals surface area contributed by atoms with E-state index < -0.39 is 6.10 Å². The van der Waals surface area contributed by atoms with Crippen molar-refractivity contribution in [3.63, 3.8) is 0 Å². The zero-order valence-electron chi connectivity index (χ0n) is 45.2. The maximum atomic E-state index is 12.9. The zero-order valence-corrected chi connectivity index (χ0v) is 45.2. The molecule has 0 spiro atoms. The molecule has 1 atom stereocenters. The van der Waals surface area contributed by atoms with Gasteiger partial charge in [-0.2, -0.15) is 0 Å². The van der Waals surface area contributed by atoms with E-state index >= 15 is 0 Å². The molecule has 0 aliphatic carbocycles. The van der Waals surface area contributed by atoms with E-state index in [0.717, 1.165) is 109 Å². The first-order valence-corrected chi connectivity index (χ1v) is 28.6. The molecule has 396 valence electrons. The molecule has 0 aromatic heterocycles. The van der Waals surface area contributed by atoms with Crippen LogP contribution in [0.1, 0.15) is 245 Å². The molecule has 0 bridgehead atoms. The average molecular weight is 970 g/mol. The van der Waals surface area contributed by atoms with Crippen LogP contribution in [0, 0.1) is 0 Å². The van der Waals surface area contributed by atoms with Crippen molar-refractivity contribution >= 4 is 17.9 Å². The monoisotopic (exact) mass is 969 g/mol. The molecule has 0 aliphatic heterocycles. The normalized spacial score (nSPS) is 13.0. The van der Waals surface area contributed by atoms with E-state index in [0.29, 0.717) is 19.3 Å². The summed E-state index contributed by atoms with van der Waals surface area (Å²) in [4.78, 5) is 38.2. The lowest BCUT2D eigenvalue weighted by molar-refractivity contribution is -0.167. The zero-order chi connectivity index (χ0) is 50.7. The van der Waals surface area contributed by atoms with Gasteiger partial charge in [-0.25, -0.2) is 0 Å². The number of carbonyl (C=O) groups is 3. The van der Waals surface area contributed by atoms with Crippen molar-refractivity contribution in [3.05, 3.63) is 122 Å². The lowest BCUT2D eigenvalue weighted by Crippen LogP contribution is -2.30. The van der Waals surface area contributed by atoms with Gasteiger partial charge in [0.05, 0.1) is 0 Å². The quantitative estimate of drug-likeness (QED) is 0.0199. The van der Waals surface area contributed by atoms with Crippen molar-refractivity contribution in [1.29, 1.82) is 0 Å². The molecule has 0 saturated heterocycles. The summed E-state index contributed by atoms with van der Waals surface area (Å²) in [5.41, 5.74) is 0. The maximum Gasteiger partial charge on any atom is 0.306 e. The lowest BCUT2D eigenvalue weighted by atomic mass is 10.1. The van der Waals surface area contributed by atoms with Crippen molar-refractivity contribution < 1.29 is 28.6 Å². The van der Waals surface area contributed by atoms with Gasteiger partial charge < -0.3 is 14.2 Å². The minimum Gasteiger partial charge on any atom is -0.462 e. The van der Waals surface area contributed by atoms with E-state index in [4.69, 9.17) is 14.2 Å². The Kier molecular flexibility index (Phi) is 54.0. The van der Waals surface area contributed by atoms with Crippen molar-refractivity contribution in [1.82, 2.24) is 0 Å². The van der Waals surface area contributed by atoms with Gasteiger partial charge in [-0.05, 0) is 96.3 Å². The fourth-order valence-corrected chi connectivity index (χ4v) is 7.54.